The van der Waals surface area contributed by atoms with Gasteiger partial charge in [-0.05, 0) is 38.1 Å². The Kier molecular flexibility index (Phi) is 6.35. The number of methoxy groups -OCH3 is 1. The Balaban J connectivity index is 1.53. The van der Waals surface area contributed by atoms with Crippen molar-refractivity contribution in [2.75, 3.05) is 25.6 Å². The third-order valence-corrected chi connectivity index (χ3v) is 5.14. The van der Waals surface area contributed by atoms with Crippen molar-refractivity contribution in [2.45, 2.75) is 32.9 Å². The van der Waals surface area contributed by atoms with E-state index in [1.165, 1.54) is 11.3 Å². The van der Waals surface area contributed by atoms with Crippen LogP contribution in [0.5, 0.6) is 11.5 Å². The van der Waals surface area contributed by atoms with E-state index in [9.17, 15) is 9.59 Å². The molecule has 2 N–H and O–H groups in total. The zero-order valence-electron chi connectivity index (χ0n) is 16.2. The molecule has 1 aromatic heterocycles. The van der Waals surface area contributed by atoms with E-state index in [2.05, 4.69) is 15.6 Å². The van der Waals surface area contributed by atoms with Crippen LogP contribution >= 0.6 is 11.3 Å². The van der Waals surface area contributed by atoms with Crippen LogP contribution < -0.4 is 20.1 Å². The molecule has 1 aliphatic heterocycles. The van der Waals surface area contributed by atoms with Crippen molar-refractivity contribution in [3.8, 4) is 11.5 Å². The number of amides is 3. The number of carbonyl (C=O) groups excluding carboxylic acids is 2. The third kappa shape index (κ3) is 5.13. The van der Waals surface area contributed by atoms with Gasteiger partial charge in [0.05, 0.1) is 19.3 Å². The zero-order chi connectivity index (χ0) is 20.1. The van der Waals surface area contributed by atoms with Gasteiger partial charge in [-0.25, -0.2) is 9.78 Å². The number of anilines is 1. The Morgan fingerprint density at radius 2 is 1.96 bits per heavy atom. The molecule has 2 heterocycles. The first-order valence-corrected chi connectivity index (χ1v) is 9.87. The lowest BCUT2D eigenvalue weighted by Crippen LogP contribution is -2.38. The Morgan fingerprint density at radius 1 is 1.25 bits per heavy atom. The molecule has 0 saturated carbocycles. The molecule has 0 saturated heterocycles. The predicted octanol–water partition coefficient (Wildman–Crippen LogP) is 2.65. The summed E-state index contributed by atoms with van der Waals surface area (Å²) in [5.41, 5.74) is 0.935. The highest BCUT2D eigenvalue weighted by Crippen LogP contribution is 2.28. The topological polar surface area (TPSA) is 92.8 Å². The second kappa shape index (κ2) is 8.92. The van der Waals surface area contributed by atoms with Crippen molar-refractivity contribution in [3.63, 3.8) is 0 Å². The molecule has 0 atom stereocenters. The van der Waals surface area contributed by atoms with Crippen LogP contribution in [0.3, 0.4) is 0 Å². The van der Waals surface area contributed by atoms with Crippen molar-refractivity contribution in [1.82, 2.24) is 15.2 Å². The van der Waals surface area contributed by atoms with Crippen molar-refractivity contribution in [2.24, 2.45) is 0 Å². The molecule has 0 bridgehead atoms. The number of benzene rings is 1. The molecule has 9 heteroatoms. The first-order chi connectivity index (χ1) is 13.4. The van der Waals surface area contributed by atoms with Gasteiger partial charge >= 0.3 is 6.03 Å². The van der Waals surface area contributed by atoms with E-state index in [1.807, 2.05) is 13.8 Å². The van der Waals surface area contributed by atoms with Gasteiger partial charge in [-0.1, -0.05) is 11.3 Å². The van der Waals surface area contributed by atoms with Gasteiger partial charge in [0, 0.05) is 23.9 Å². The maximum Gasteiger partial charge on any atom is 0.321 e. The molecule has 0 aliphatic carbocycles. The minimum Gasteiger partial charge on any atom is -0.497 e. The van der Waals surface area contributed by atoms with Crippen LogP contribution in [0, 0.1) is 0 Å². The van der Waals surface area contributed by atoms with Gasteiger partial charge in [-0.15, -0.1) is 0 Å². The number of hydrogen-bond donors (Lipinski definition) is 2. The summed E-state index contributed by atoms with van der Waals surface area (Å²) in [5.74, 6) is 1.27. The molecular formula is C19H24N4O4S. The van der Waals surface area contributed by atoms with Gasteiger partial charge in [0.2, 0.25) is 0 Å². The second-order valence-corrected chi connectivity index (χ2v) is 7.76. The molecule has 0 fully saturated rings. The minimum atomic E-state index is -0.276. The number of fused-ring (bicyclic) bond motifs is 1. The quantitative estimate of drug-likeness (QED) is 0.772. The van der Waals surface area contributed by atoms with Gasteiger partial charge in [-0.3, -0.25) is 10.1 Å². The number of rotatable bonds is 6. The highest BCUT2D eigenvalue weighted by atomic mass is 32.1. The predicted molar refractivity (Wildman–Crippen MR) is 107 cm³/mol. The summed E-state index contributed by atoms with van der Waals surface area (Å²) >= 11 is 1.40. The molecule has 1 aliphatic rings. The van der Waals surface area contributed by atoms with Crippen LogP contribution in [0.1, 0.15) is 24.4 Å². The average molecular weight is 404 g/mol. The summed E-state index contributed by atoms with van der Waals surface area (Å²) < 4.78 is 10.7. The fourth-order valence-electron chi connectivity index (χ4n) is 2.77. The summed E-state index contributed by atoms with van der Waals surface area (Å²) in [7, 11) is 1.60. The van der Waals surface area contributed by atoms with Crippen molar-refractivity contribution < 1.29 is 19.1 Å². The van der Waals surface area contributed by atoms with Gasteiger partial charge in [0.25, 0.3) is 5.91 Å². The van der Waals surface area contributed by atoms with Crippen LogP contribution in [-0.4, -0.2) is 48.1 Å². The zero-order valence-corrected chi connectivity index (χ0v) is 17.0. The number of ether oxygens (including phenoxy) is 2. The number of aromatic nitrogens is 1. The summed E-state index contributed by atoms with van der Waals surface area (Å²) in [6, 6.07) is 6.88. The normalized spacial score (nSPS) is 13.1. The summed E-state index contributed by atoms with van der Waals surface area (Å²) in [4.78, 5) is 31.5. The number of thiazole rings is 1. The molecule has 3 amide bonds. The summed E-state index contributed by atoms with van der Waals surface area (Å²) in [6.45, 7) is 4.82. The lowest BCUT2D eigenvalue weighted by Gasteiger charge is -2.26. The van der Waals surface area contributed by atoms with Crippen LogP contribution in [0.25, 0.3) is 0 Å². The van der Waals surface area contributed by atoms with Gasteiger partial charge < -0.3 is 19.7 Å². The molecule has 8 nitrogen and oxygen atoms in total. The average Bonchev–Trinajstić information content (AvgIpc) is 3.06. The molecule has 0 unspecified atom stereocenters. The third-order valence-electron chi connectivity index (χ3n) is 4.15. The maximum absolute atomic E-state index is 12.5. The number of hydrogen-bond acceptors (Lipinski definition) is 6. The van der Waals surface area contributed by atoms with Gasteiger partial charge in [-0.2, -0.15) is 0 Å². The lowest BCUT2D eigenvalue weighted by molar-refractivity contribution is -0.134. The van der Waals surface area contributed by atoms with Crippen LogP contribution in [0.2, 0.25) is 0 Å². The SMILES string of the molecule is COc1ccc(OCC(=O)N2CCc3nc(NC(=O)NC(C)C)sc3C2)cc1. The van der Waals surface area contributed by atoms with Gasteiger partial charge in [0.1, 0.15) is 11.5 Å². The van der Waals surface area contributed by atoms with E-state index < -0.39 is 0 Å². The molecular weight excluding hydrogens is 380 g/mol. The number of urea groups is 1. The summed E-state index contributed by atoms with van der Waals surface area (Å²) in [6.07, 6.45) is 0.660. The second-order valence-electron chi connectivity index (χ2n) is 6.67. The Hall–Kier alpha value is -2.81. The lowest BCUT2D eigenvalue weighted by atomic mass is 10.2. The van der Waals surface area contributed by atoms with Crippen molar-refractivity contribution in [3.05, 3.63) is 34.8 Å². The van der Waals surface area contributed by atoms with Gasteiger partial charge in [0.15, 0.2) is 11.7 Å². The maximum atomic E-state index is 12.5. The molecule has 1 aromatic carbocycles. The molecule has 0 spiro atoms. The molecule has 2 aromatic rings. The smallest absolute Gasteiger partial charge is 0.321 e. The van der Waals surface area contributed by atoms with E-state index in [0.717, 1.165) is 16.3 Å². The van der Waals surface area contributed by atoms with Crippen LogP contribution in [-0.2, 0) is 17.8 Å². The molecule has 28 heavy (non-hydrogen) atoms. The molecule has 0 radical (unpaired) electrons. The highest BCUT2D eigenvalue weighted by Gasteiger charge is 2.25. The Bertz CT molecular complexity index is 835. The van der Waals surface area contributed by atoms with E-state index in [0.29, 0.717) is 30.4 Å². The largest absolute Gasteiger partial charge is 0.497 e. The first-order valence-electron chi connectivity index (χ1n) is 9.05. The molecule has 150 valence electrons. The highest BCUT2D eigenvalue weighted by molar-refractivity contribution is 7.15. The van der Waals surface area contributed by atoms with E-state index in [1.54, 1.807) is 36.3 Å². The van der Waals surface area contributed by atoms with E-state index in [-0.39, 0.29) is 24.6 Å². The van der Waals surface area contributed by atoms with Crippen LogP contribution in [0.15, 0.2) is 24.3 Å². The summed E-state index contributed by atoms with van der Waals surface area (Å²) in [5, 5.41) is 6.06. The standard InChI is InChI=1S/C19H24N4O4S/c1-12(2)20-18(25)22-19-21-15-8-9-23(10-16(15)28-19)17(24)11-27-14-6-4-13(26-3)5-7-14/h4-7,12H,8-11H2,1-3H3,(H2,20,21,22,25). The molecule has 3 rings (SSSR count). The fraction of sp³-hybridized carbons (Fsp3) is 0.421. The Labute approximate surface area is 167 Å². The monoisotopic (exact) mass is 404 g/mol. The fourth-order valence-corrected chi connectivity index (χ4v) is 3.78. The van der Waals surface area contributed by atoms with Crippen molar-refractivity contribution >= 4 is 28.4 Å². The minimum absolute atomic E-state index is 0.0254. The Morgan fingerprint density at radius 3 is 2.64 bits per heavy atom. The van der Waals surface area contributed by atoms with Crippen LogP contribution in [0.4, 0.5) is 9.93 Å². The number of carbonyl (C=O) groups is 2. The first kappa shape index (κ1) is 19.9. The van der Waals surface area contributed by atoms with E-state index >= 15 is 0 Å². The number of nitrogens with zero attached hydrogens (tertiary/aromatic N) is 2. The number of nitrogens with one attached hydrogen (secondary N) is 2. The van der Waals surface area contributed by atoms with Crippen molar-refractivity contribution in [1.29, 1.82) is 0 Å². The van der Waals surface area contributed by atoms with E-state index in [4.69, 9.17) is 9.47 Å².